The Balaban J connectivity index is 2.05. The highest BCUT2D eigenvalue weighted by molar-refractivity contribution is 5.93. The Kier molecular flexibility index (Phi) is 8.36. The molecule has 1 aliphatic rings. The van der Waals surface area contributed by atoms with Crippen LogP contribution in [0, 0.1) is 5.92 Å². The molecule has 1 aliphatic heterocycles. The van der Waals surface area contributed by atoms with E-state index >= 15 is 0 Å². The summed E-state index contributed by atoms with van der Waals surface area (Å²) >= 11 is 0. The van der Waals surface area contributed by atoms with Gasteiger partial charge in [0.25, 0.3) is 0 Å². The maximum absolute atomic E-state index is 13.1. The van der Waals surface area contributed by atoms with Crippen LogP contribution in [0.2, 0.25) is 0 Å². The average molecular weight is 402 g/mol. The minimum Gasteiger partial charge on any atom is -0.344 e. The van der Waals surface area contributed by atoms with Crippen LogP contribution in [0.1, 0.15) is 45.6 Å². The molecular formula is C22H31N3O4. The molecule has 0 bridgehead atoms. The number of benzene rings is 1. The molecule has 2 rings (SSSR count). The molecule has 0 saturated carbocycles. The van der Waals surface area contributed by atoms with Crippen LogP contribution < -0.4 is 10.6 Å². The number of carbonyl (C=O) groups excluding carboxylic acids is 4. The Bertz CT molecular complexity index is 720. The summed E-state index contributed by atoms with van der Waals surface area (Å²) in [5.41, 5.74) is 0.950. The van der Waals surface area contributed by atoms with Crippen molar-refractivity contribution < 1.29 is 19.2 Å². The third-order valence-corrected chi connectivity index (χ3v) is 5.20. The van der Waals surface area contributed by atoms with E-state index < -0.39 is 18.1 Å². The maximum atomic E-state index is 13.1. The lowest BCUT2D eigenvalue weighted by Gasteiger charge is -2.31. The van der Waals surface area contributed by atoms with Crippen molar-refractivity contribution in [3.05, 3.63) is 35.9 Å². The lowest BCUT2D eigenvalue weighted by molar-refractivity contribution is -0.142. The predicted molar refractivity (Wildman–Crippen MR) is 110 cm³/mol. The number of hydrogen-bond donors (Lipinski definition) is 2. The summed E-state index contributed by atoms with van der Waals surface area (Å²) in [6.07, 6.45) is 2.67. The van der Waals surface area contributed by atoms with Gasteiger partial charge in [0.05, 0.1) is 6.04 Å². The van der Waals surface area contributed by atoms with Crippen LogP contribution in [0.15, 0.2) is 30.3 Å². The average Bonchev–Trinajstić information content (AvgIpc) is 3.21. The topological polar surface area (TPSA) is 95.6 Å². The monoisotopic (exact) mass is 401 g/mol. The van der Waals surface area contributed by atoms with Gasteiger partial charge in [-0.2, -0.15) is 0 Å². The number of likely N-dealkylation sites (tertiary alicyclic amines) is 1. The van der Waals surface area contributed by atoms with Crippen molar-refractivity contribution in [2.45, 2.75) is 64.6 Å². The maximum Gasteiger partial charge on any atom is 0.246 e. The van der Waals surface area contributed by atoms with Crippen molar-refractivity contribution in [1.82, 2.24) is 15.5 Å². The first-order valence-corrected chi connectivity index (χ1v) is 10.3. The molecular weight excluding hydrogens is 370 g/mol. The number of nitrogens with one attached hydrogen (secondary N) is 2. The Morgan fingerprint density at radius 2 is 1.86 bits per heavy atom. The lowest BCUT2D eigenvalue weighted by atomic mass is 10.0. The molecule has 7 nitrogen and oxygen atoms in total. The fourth-order valence-corrected chi connectivity index (χ4v) is 3.55. The van der Waals surface area contributed by atoms with Crippen LogP contribution in [0.3, 0.4) is 0 Å². The van der Waals surface area contributed by atoms with Crippen molar-refractivity contribution in [3.63, 3.8) is 0 Å². The SMILES string of the molecule is CCC(=O)NC(C(=O)N1CCCC1C(=O)N[C@H](C=O)Cc1ccccc1)C(C)C. The van der Waals surface area contributed by atoms with E-state index in [9.17, 15) is 19.2 Å². The largest absolute Gasteiger partial charge is 0.344 e. The van der Waals surface area contributed by atoms with E-state index in [1.165, 1.54) is 0 Å². The van der Waals surface area contributed by atoms with Gasteiger partial charge in [-0.1, -0.05) is 51.1 Å². The molecule has 0 aromatic heterocycles. The second-order valence-corrected chi connectivity index (χ2v) is 7.77. The van der Waals surface area contributed by atoms with Gasteiger partial charge in [-0.05, 0) is 30.7 Å². The molecule has 1 fully saturated rings. The standard InChI is InChI=1S/C22H31N3O4/c1-4-19(27)24-20(15(2)3)22(29)25-12-8-11-18(25)21(28)23-17(14-26)13-16-9-6-5-7-10-16/h5-7,9-10,14-15,17-18,20H,4,8,11-13H2,1-3H3,(H,23,28)(H,24,27)/t17-,18?,20?/m0/s1. The highest BCUT2D eigenvalue weighted by Crippen LogP contribution is 2.21. The number of nitrogens with zero attached hydrogens (tertiary/aromatic N) is 1. The number of aldehydes is 1. The molecule has 158 valence electrons. The third kappa shape index (κ3) is 6.14. The third-order valence-electron chi connectivity index (χ3n) is 5.20. The fraction of sp³-hybridized carbons (Fsp3) is 0.545. The molecule has 7 heteroatoms. The first kappa shape index (κ1) is 22.6. The first-order valence-electron chi connectivity index (χ1n) is 10.3. The van der Waals surface area contributed by atoms with Crippen LogP contribution >= 0.6 is 0 Å². The Morgan fingerprint density at radius 3 is 2.45 bits per heavy atom. The second kappa shape index (κ2) is 10.7. The molecule has 1 aromatic carbocycles. The molecule has 1 saturated heterocycles. The Morgan fingerprint density at radius 1 is 1.17 bits per heavy atom. The van der Waals surface area contributed by atoms with E-state index in [1.54, 1.807) is 11.8 Å². The summed E-state index contributed by atoms with van der Waals surface area (Å²) in [7, 11) is 0. The Labute approximate surface area is 172 Å². The van der Waals surface area contributed by atoms with Crippen molar-refractivity contribution in [2.24, 2.45) is 5.92 Å². The molecule has 29 heavy (non-hydrogen) atoms. The molecule has 3 amide bonds. The van der Waals surface area contributed by atoms with E-state index in [0.717, 1.165) is 11.8 Å². The van der Waals surface area contributed by atoms with Crippen LogP contribution in [0.25, 0.3) is 0 Å². The van der Waals surface area contributed by atoms with Gasteiger partial charge in [-0.15, -0.1) is 0 Å². The van der Waals surface area contributed by atoms with Gasteiger partial charge in [-0.3, -0.25) is 14.4 Å². The summed E-state index contributed by atoms with van der Waals surface area (Å²) in [4.78, 5) is 50.7. The van der Waals surface area contributed by atoms with Crippen molar-refractivity contribution in [3.8, 4) is 0 Å². The molecule has 0 aliphatic carbocycles. The minimum absolute atomic E-state index is 0.0943. The van der Waals surface area contributed by atoms with E-state index in [2.05, 4.69) is 10.6 Å². The van der Waals surface area contributed by atoms with Gasteiger partial charge >= 0.3 is 0 Å². The van der Waals surface area contributed by atoms with E-state index in [-0.39, 0.29) is 23.6 Å². The van der Waals surface area contributed by atoms with E-state index in [4.69, 9.17) is 0 Å². The smallest absolute Gasteiger partial charge is 0.246 e. The van der Waals surface area contributed by atoms with E-state index in [1.807, 2.05) is 44.2 Å². The zero-order valence-corrected chi connectivity index (χ0v) is 17.4. The highest BCUT2D eigenvalue weighted by Gasteiger charge is 2.38. The minimum atomic E-state index is -0.665. The van der Waals surface area contributed by atoms with Crippen LogP contribution in [0.5, 0.6) is 0 Å². The summed E-state index contributed by atoms with van der Waals surface area (Å²) in [6, 6.07) is 7.52. The van der Waals surface area contributed by atoms with Crippen molar-refractivity contribution in [2.75, 3.05) is 6.54 Å². The predicted octanol–water partition coefficient (Wildman–Crippen LogP) is 1.45. The van der Waals surface area contributed by atoms with Crippen LogP contribution in [0.4, 0.5) is 0 Å². The summed E-state index contributed by atoms with van der Waals surface area (Å²) < 4.78 is 0. The Hall–Kier alpha value is -2.70. The zero-order chi connectivity index (χ0) is 21.4. The van der Waals surface area contributed by atoms with Gasteiger partial charge < -0.3 is 20.3 Å². The molecule has 1 aromatic rings. The summed E-state index contributed by atoms with van der Waals surface area (Å²) in [5, 5.41) is 5.54. The second-order valence-electron chi connectivity index (χ2n) is 7.77. The number of carbonyl (C=O) groups is 4. The normalized spacial score (nSPS) is 18.2. The fourth-order valence-electron chi connectivity index (χ4n) is 3.55. The summed E-state index contributed by atoms with van der Waals surface area (Å²) in [6.45, 7) is 5.93. The lowest BCUT2D eigenvalue weighted by Crippen LogP contribution is -2.56. The van der Waals surface area contributed by atoms with Gasteiger partial charge in [0.1, 0.15) is 18.4 Å². The number of amides is 3. The van der Waals surface area contributed by atoms with Crippen molar-refractivity contribution >= 4 is 24.0 Å². The summed E-state index contributed by atoms with van der Waals surface area (Å²) in [5.74, 6) is -0.859. The van der Waals surface area contributed by atoms with Crippen molar-refractivity contribution in [1.29, 1.82) is 0 Å². The molecule has 1 heterocycles. The van der Waals surface area contributed by atoms with Gasteiger partial charge in [0, 0.05) is 13.0 Å². The molecule has 3 atom stereocenters. The molecule has 0 radical (unpaired) electrons. The van der Waals surface area contributed by atoms with Gasteiger partial charge in [0.15, 0.2) is 0 Å². The zero-order valence-electron chi connectivity index (χ0n) is 17.4. The van der Waals surface area contributed by atoms with Crippen LogP contribution in [-0.2, 0) is 25.6 Å². The van der Waals surface area contributed by atoms with E-state index in [0.29, 0.717) is 32.2 Å². The first-order chi connectivity index (χ1) is 13.9. The number of rotatable bonds is 9. The number of hydrogen-bond acceptors (Lipinski definition) is 4. The quantitative estimate of drug-likeness (QED) is 0.612. The molecule has 2 unspecified atom stereocenters. The molecule has 2 N–H and O–H groups in total. The molecule has 0 spiro atoms. The highest BCUT2D eigenvalue weighted by atomic mass is 16.2. The van der Waals surface area contributed by atoms with Crippen LogP contribution in [-0.4, -0.2) is 53.6 Å². The van der Waals surface area contributed by atoms with Gasteiger partial charge in [0.2, 0.25) is 17.7 Å². The van der Waals surface area contributed by atoms with Gasteiger partial charge in [-0.25, -0.2) is 0 Å².